The highest BCUT2D eigenvalue weighted by molar-refractivity contribution is 5.97. The fraction of sp³-hybridized carbons (Fsp3) is 0.381. The van der Waals surface area contributed by atoms with E-state index >= 15 is 0 Å². The van der Waals surface area contributed by atoms with Gasteiger partial charge in [-0.2, -0.15) is 5.26 Å². The summed E-state index contributed by atoms with van der Waals surface area (Å²) < 4.78 is 11.2. The van der Waals surface area contributed by atoms with Crippen LogP contribution in [0.15, 0.2) is 42.7 Å². The Kier molecular flexibility index (Phi) is 5.92. The van der Waals surface area contributed by atoms with Crippen molar-refractivity contribution in [2.45, 2.75) is 38.7 Å². The zero-order chi connectivity index (χ0) is 19.1. The number of nitrogens with zero attached hydrogens (tertiary/aromatic N) is 2. The van der Waals surface area contributed by atoms with Gasteiger partial charge in [-0.15, -0.1) is 0 Å². The Morgan fingerprint density at radius 2 is 2.07 bits per heavy atom. The molecule has 140 valence electrons. The van der Waals surface area contributed by atoms with E-state index in [4.69, 9.17) is 9.47 Å². The smallest absolute Gasteiger partial charge is 0.244 e. The molecule has 2 aromatic rings. The molecule has 1 amide bonds. The lowest BCUT2D eigenvalue weighted by Gasteiger charge is -2.29. The van der Waals surface area contributed by atoms with E-state index in [0.29, 0.717) is 36.6 Å². The lowest BCUT2D eigenvalue weighted by Crippen LogP contribution is -2.36. The predicted octanol–water partition coefficient (Wildman–Crippen LogP) is 4.08. The average Bonchev–Trinajstić information content (AvgIpc) is 2.73. The molecule has 0 saturated heterocycles. The average molecular weight is 365 g/mol. The maximum Gasteiger partial charge on any atom is 0.244 e. The number of carbonyl (C=O) groups is 1. The van der Waals surface area contributed by atoms with Crippen molar-refractivity contribution in [3.8, 4) is 17.6 Å². The first kappa shape index (κ1) is 18.7. The van der Waals surface area contributed by atoms with Crippen molar-refractivity contribution in [1.29, 1.82) is 5.26 Å². The van der Waals surface area contributed by atoms with Crippen molar-refractivity contribution in [2.75, 3.05) is 12.4 Å². The van der Waals surface area contributed by atoms with E-state index in [1.807, 2.05) is 12.1 Å². The zero-order valence-electron chi connectivity index (χ0n) is 15.4. The molecule has 27 heavy (non-hydrogen) atoms. The quantitative estimate of drug-likeness (QED) is 0.834. The molecule has 1 heterocycles. The van der Waals surface area contributed by atoms with Crippen LogP contribution >= 0.6 is 0 Å². The summed E-state index contributed by atoms with van der Waals surface area (Å²) in [4.78, 5) is 16.8. The second-order valence-corrected chi connectivity index (χ2v) is 6.72. The van der Waals surface area contributed by atoms with Gasteiger partial charge in [0.15, 0.2) is 11.5 Å². The van der Waals surface area contributed by atoms with Crippen LogP contribution in [-0.4, -0.2) is 18.0 Å². The van der Waals surface area contributed by atoms with Crippen molar-refractivity contribution in [3.05, 3.63) is 48.3 Å². The third kappa shape index (κ3) is 4.37. The van der Waals surface area contributed by atoms with Crippen molar-refractivity contribution >= 4 is 11.6 Å². The Morgan fingerprint density at radius 1 is 1.26 bits per heavy atom. The number of amides is 1. The molecule has 1 aliphatic carbocycles. The van der Waals surface area contributed by atoms with Crippen LogP contribution in [0, 0.1) is 16.7 Å². The van der Waals surface area contributed by atoms with Gasteiger partial charge >= 0.3 is 0 Å². The summed E-state index contributed by atoms with van der Waals surface area (Å²) in [6.45, 7) is 0.337. The first-order valence-electron chi connectivity index (χ1n) is 9.09. The number of methoxy groups -OCH3 is 1. The van der Waals surface area contributed by atoms with Gasteiger partial charge in [-0.3, -0.25) is 9.78 Å². The lowest BCUT2D eigenvalue weighted by atomic mass is 9.74. The number of hydrogen-bond acceptors (Lipinski definition) is 5. The number of ether oxygens (including phenoxy) is 2. The van der Waals surface area contributed by atoms with Gasteiger partial charge in [0.25, 0.3) is 0 Å². The van der Waals surface area contributed by atoms with Gasteiger partial charge in [-0.05, 0) is 31.0 Å². The zero-order valence-corrected chi connectivity index (χ0v) is 15.4. The molecule has 1 fully saturated rings. The van der Waals surface area contributed by atoms with Crippen LogP contribution in [0.2, 0.25) is 0 Å². The van der Waals surface area contributed by atoms with E-state index in [1.54, 1.807) is 37.7 Å². The third-order valence-electron chi connectivity index (χ3n) is 4.89. The minimum absolute atomic E-state index is 0.243. The minimum Gasteiger partial charge on any atom is -0.493 e. The largest absolute Gasteiger partial charge is 0.493 e. The molecule has 1 saturated carbocycles. The summed E-state index contributed by atoms with van der Waals surface area (Å²) in [7, 11) is 1.57. The van der Waals surface area contributed by atoms with Crippen molar-refractivity contribution < 1.29 is 14.3 Å². The van der Waals surface area contributed by atoms with Crippen LogP contribution in [0.3, 0.4) is 0 Å². The van der Waals surface area contributed by atoms with Gasteiger partial charge in [0.1, 0.15) is 12.0 Å². The summed E-state index contributed by atoms with van der Waals surface area (Å²) in [6, 6.07) is 11.2. The number of rotatable bonds is 6. The van der Waals surface area contributed by atoms with Crippen molar-refractivity contribution in [1.82, 2.24) is 4.98 Å². The topological polar surface area (TPSA) is 84.2 Å². The molecule has 0 aliphatic heterocycles. The highest BCUT2D eigenvalue weighted by Crippen LogP contribution is 2.37. The highest BCUT2D eigenvalue weighted by Gasteiger charge is 2.39. The Morgan fingerprint density at radius 3 is 2.74 bits per heavy atom. The lowest BCUT2D eigenvalue weighted by molar-refractivity contribution is -0.124. The van der Waals surface area contributed by atoms with Crippen LogP contribution in [0.25, 0.3) is 0 Å². The summed E-state index contributed by atoms with van der Waals surface area (Å²) in [6.07, 6.45) is 7.54. The molecule has 1 aromatic heterocycles. The first-order valence-corrected chi connectivity index (χ1v) is 9.09. The fourth-order valence-electron chi connectivity index (χ4n) is 3.31. The number of carbonyl (C=O) groups excluding carboxylic acids is 1. The molecule has 0 unspecified atom stereocenters. The molecule has 0 bridgehead atoms. The van der Waals surface area contributed by atoms with E-state index in [9.17, 15) is 10.1 Å². The summed E-state index contributed by atoms with van der Waals surface area (Å²) in [5.41, 5.74) is 0.580. The normalized spacial score (nSPS) is 15.4. The standard InChI is InChI=1S/C21H23N3O3/c1-26-18-8-7-17(12-19(18)27-14-16-6-5-11-23-13-16)24-20(25)21(15-22)9-3-2-4-10-21/h5-8,11-13H,2-4,9-10,14H2,1H3,(H,24,25). The van der Waals surface area contributed by atoms with Crippen LogP contribution in [-0.2, 0) is 11.4 Å². The maximum absolute atomic E-state index is 12.8. The Balaban J connectivity index is 1.74. The van der Waals surface area contributed by atoms with Crippen LogP contribution in [0.4, 0.5) is 5.69 Å². The van der Waals surface area contributed by atoms with Gasteiger partial charge in [-0.25, -0.2) is 0 Å². The maximum atomic E-state index is 12.8. The number of hydrogen-bond donors (Lipinski definition) is 1. The van der Waals surface area contributed by atoms with Gasteiger partial charge in [0, 0.05) is 29.7 Å². The van der Waals surface area contributed by atoms with E-state index < -0.39 is 5.41 Å². The van der Waals surface area contributed by atoms with Crippen LogP contribution < -0.4 is 14.8 Å². The molecule has 1 aliphatic rings. The van der Waals surface area contributed by atoms with Crippen LogP contribution in [0.5, 0.6) is 11.5 Å². The SMILES string of the molecule is COc1ccc(NC(=O)C2(C#N)CCCCC2)cc1OCc1cccnc1. The van der Waals surface area contributed by atoms with Crippen molar-refractivity contribution in [2.24, 2.45) is 5.41 Å². The highest BCUT2D eigenvalue weighted by atomic mass is 16.5. The summed E-state index contributed by atoms with van der Waals surface area (Å²) >= 11 is 0. The molecular weight excluding hydrogens is 342 g/mol. The van der Waals surface area contributed by atoms with Crippen molar-refractivity contribution in [3.63, 3.8) is 0 Å². The molecule has 6 heteroatoms. The number of aromatic nitrogens is 1. The molecule has 6 nitrogen and oxygen atoms in total. The van der Waals surface area contributed by atoms with Gasteiger partial charge in [0.05, 0.1) is 13.2 Å². The number of benzene rings is 1. The first-order chi connectivity index (χ1) is 13.2. The molecule has 1 aromatic carbocycles. The molecule has 0 radical (unpaired) electrons. The number of anilines is 1. The second-order valence-electron chi connectivity index (χ2n) is 6.72. The molecular formula is C21H23N3O3. The molecule has 0 atom stereocenters. The van der Waals surface area contributed by atoms with Gasteiger partial charge < -0.3 is 14.8 Å². The summed E-state index contributed by atoms with van der Waals surface area (Å²) in [5.74, 6) is 0.853. The predicted molar refractivity (Wildman–Crippen MR) is 101 cm³/mol. The monoisotopic (exact) mass is 365 g/mol. The number of nitriles is 1. The molecule has 3 rings (SSSR count). The number of pyridine rings is 1. The number of nitrogens with one attached hydrogen (secondary N) is 1. The van der Waals surface area contributed by atoms with E-state index in [0.717, 1.165) is 24.8 Å². The van der Waals surface area contributed by atoms with Gasteiger partial charge in [-0.1, -0.05) is 25.3 Å². The van der Waals surface area contributed by atoms with Crippen LogP contribution in [0.1, 0.15) is 37.7 Å². The molecule has 0 spiro atoms. The second kappa shape index (κ2) is 8.54. The van der Waals surface area contributed by atoms with Gasteiger partial charge in [0.2, 0.25) is 5.91 Å². The Hall–Kier alpha value is -3.07. The fourth-order valence-corrected chi connectivity index (χ4v) is 3.31. The Bertz CT molecular complexity index is 824. The molecule has 1 N–H and O–H groups in total. The Labute approximate surface area is 159 Å². The third-order valence-corrected chi connectivity index (χ3v) is 4.89. The van der Waals surface area contributed by atoms with E-state index in [-0.39, 0.29) is 5.91 Å². The van der Waals surface area contributed by atoms with E-state index in [2.05, 4.69) is 16.4 Å². The minimum atomic E-state index is -0.936. The summed E-state index contributed by atoms with van der Waals surface area (Å²) in [5, 5.41) is 12.5. The van der Waals surface area contributed by atoms with E-state index in [1.165, 1.54) is 0 Å².